The van der Waals surface area contributed by atoms with Crippen LogP contribution in [0.4, 0.5) is 5.00 Å². The molecular formula is C24H28N2O4S. The summed E-state index contributed by atoms with van der Waals surface area (Å²) in [7, 11) is 1.62. The minimum absolute atomic E-state index is 0.0869. The van der Waals surface area contributed by atoms with Gasteiger partial charge in [-0.15, -0.1) is 11.3 Å². The number of nitrogens with one attached hydrogen (secondary N) is 2. The summed E-state index contributed by atoms with van der Waals surface area (Å²) in [6.45, 7) is 1.27. The van der Waals surface area contributed by atoms with Crippen molar-refractivity contribution in [3.05, 3.63) is 51.9 Å². The SMILES string of the molecule is COc1ccc(/C=C/C(=O)Nc2sc3c(c2C(=O)NC[C@H]2CCCO2)CCCC3)cc1. The largest absolute Gasteiger partial charge is 0.497 e. The Balaban J connectivity index is 1.47. The molecule has 31 heavy (non-hydrogen) atoms. The molecule has 4 rings (SSSR count). The van der Waals surface area contributed by atoms with E-state index in [0.29, 0.717) is 17.1 Å². The molecule has 1 aliphatic heterocycles. The van der Waals surface area contributed by atoms with Crippen LogP contribution in [0, 0.1) is 0 Å². The van der Waals surface area contributed by atoms with E-state index in [2.05, 4.69) is 10.6 Å². The van der Waals surface area contributed by atoms with E-state index in [0.717, 1.165) is 62.0 Å². The lowest BCUT2D eigenvalue weighted by atomic mass is 9.95. The van der Waals surface area contributed by atoms with Crippen molar-refractivity contribution in [3.8, 4) is 5.75 Å². The quantitative estimate of drug-likeness (QED) is 0.633. The molecule has 2 heterocycles. The van der Waals surface area contributed by atoms with Crippen LogP contribution in [0.15, 0.2) is 30.3 Å². The number of aryl methyl sites for hydroxylation is 1. The fourth-order valence-electron chi connectivity index (χ4n) is 4.03. The Morgan fingerprint density at radius 1 is 1.19 bits per heavy atom. The van der Waals surface area contributed by atoms with Crippen molar-refractivity contribution in [1.29, 1.82) is 0 Å². The average molecular weight is 441 g/mol. The third-order valence-corrected chi connectivity index (χ3v) is 6.90. The van der Waals surface area contributed by atoms with Crippen LogP contribution < -0.4 is 15.4 Å². The van der Waals surface area contributed by atoms with E-state index in [1.54, 1.807) is 13.2 Å². The number of carbonyl (C=O) groups is 2. The number of fused-ring (bicyclic) bond motifs is 1. The normalized spacial score (nSPS) is 18.0. The molecule has 1 aromatic heterocycles. The second-order valence-electron chi connectivity index (χ2n) is 7.86. The predicted molar refractivity (Wildman–Crippen MR) is 123 cm³/mol. The molecule has 0 bridgehead atoms. The minimum atomic E-state index is -0.248. The van der Waals surface area contributed by atoms with Crippen LogP contribution in [-0.4, -0.2) is 38.2 Å². The van der Waals surface area contributed by atoms with E-state index >= 15 is 0 Å². The molecule has 2 amide bonds. The highest BCUT2D eigenvalue weighted by molar-refractivity contribution is 7.17. The maximum absolute atomic E-state index is 13.0. The van der Waals surface area contributed by atoms with Crippen molar-refractivity contribution in [2.45, 2.75) is 44.6 Å². The maximum atomic E-state index is 13.0. The first-order chi connectivity index (χ1) is 15.1. The third-order valence-electron chi connectivity index (χ3n) is 5.69. The summed E-state index contributed by atoms with van der Waals surface area (Å²) in [5, 5.41) is 6.61. The van der Waals surface area contributed by atoms with Crippen molar-refractivity contribution >= 4 is 34.2 Å². The molecule has 6 nitrogen and oxygen atoms in total. The van der Waals surface area contributed by atoms with E-state index in [9.17, 15) is 9.59 Å². The second-order valence-corrected chi connectivity index (χ2v) is 8.96. The van der Waals surface area contributed by atoms with E-state index in [1.165, 1.54) is 22.3 Å². The van der Waals surface area contributed by atoms with Gasteiger partial charge >= 0.3 is 0 Å². The van der Waals surface area contributed by atoms with E-state index < -0.39 is 0 Å². The van der Waals surface area contributed by atoms with Crippen LogP contribution in [0.2, 0.25) is 0 Å². The standard InChI is InChI=1S/C24H28N2O4S/c1-29-17-11-8-16(9-12-17)10-13-21(27)26-24-22(19-6-2-3-7-20(19)31-24)23(28)25-15-18-5-4-14-30-18/h8-13,18H,2-7,14-15H2,1H3,(H,25,28)(H,26,27)/b13-10+/t18-/m1/s1. The van der Waals surface area contributed by atoms with Crippen LogP contribution in [0.3, 0.4) is 0 Å². The van der Waals surface area contributed by atoms with Gasteiger partial charge in [-0.2, -0.15) is 0 Å². The molecule has 2 aromatic rings. The summed E-state index contributed by atoms with van der Waals surface area (Å²) in [6.07, 6.45) is 9.38. The Morgan fingerprint density at radius 3 is 2.74 bits per heavy atom. The summed E-state index contributed by atoms with van der Waals surface area (Å²) >= 11 is 1.53. The van der Waals surface area contributed by atoms with Gasteiger partial charge in [0, 0.05) is 24.1 Å². The molecule has 164 valence electrons. The molecule has 1 atom stereocenters. The fraction of sp³-hybridized carbons (Fsp3) is 0.417. The summed E-state index contributed by atoms with van der Waals surface area (Å²) in [4.78, 5) is 26.8. The topological polar surface area (TPSA) is 76.7 Å². The predicted octanol–water partition coefficient (Wildman–Crippen LogP) is 4.20. The average Bonchev–Trinajstić information content (AvgIpc) is 3.44. The Hall–Kier alpha value is -2.64. The van der Waals surface area contributed by atoms with Gasteiger partial charge in [0.1, 0.15) is 10.8 Å². The van der Waals surface area contributed by atoms with E-state index in [-0.39, 0.29) is 17.9 Å². The number of benzene rings is 1. The van der Waals surface area contributed by atoms with Gasteiger partial charge in [0.05, 0.1) is 18.8 Å². The van der Waals surface area contributed by atoms with E-state index in [4.69, 9.17) is 9.47 Å². The van der Waals surface area contributed by atoms with Gasteiger partial charge in [0.15, 0.2) is 0 Å². The second kappa shape index (κ2) is 10.1. The van der Waals surface area contributed by atoms with Gasteiger partial charge < -0.3 is 20.1 Å². The van der Waals surface area contributed by atoms with Crippen LogP contribution in [-0.2, 0) is 22.4 Å². The monoisotopic (exact) mass is 440 g/mol. The maximum Gasteiger partial charge on any atom is 0.254 e. The number of hydrogen-bond donors (Lipinski definition) is 2. The van der Waals surface area contributed by atoms with Crippen molar-refractivity contribution in [2.24, 2.45) is 0 Å². The lowest BCUT2D eigenvalue weighted by Gasteiger charge is -2.15. The molecule has 7 heteroatoms. The molecule has 1 aromatic carbocycles. The summed E-state index contributed by atoms with van der Waals surface area (Å²) in [6, 6.07) is 7.47. The molecule has 0 radical (unpaired) electrons. The first-order valence-electron chi connectivity index (χ1n) is 10.8. The first kappa shape index (κ1) is 21.6. The molecule has 0 saturated carbocycles. The number of hydrogen-bond acceptors (Lipinski definition) is 5. The zero-order valence-electron chi connectivity index (χ0n) is 17.7. The number of ether oxygens (including phenoxy) is 2. The molecule has 2 aliphatic rings. The molecular weight excluding hydrogens is 412 g/mol. The lowest BCUT2D eigenvalue weighted by Crippen LogP contribution is -2.32. The highest BCUT2D eigenvalue weighted by atomic mass is 32.1. The number of thiophene rings is 1. The number of amides is 2. The summed E-state index contributed by atoms with van der Waals surface area (Å²) in [5.74, 6) is 0.399. The number of carbonyl (C=O) groups excluding carboxylic acids is 2. The highest BCUT2D eigenvalue weighted by Crippen LogP contribution is 2.38. The number of rotatable bonds is 7. The molecule has 1 aliphatic carbocycles. The van der Waals surface area contributed by atoms with Crippen molar-refractivity contribution in [3.63, 3.8) is 0 Å². The van der Waals surface area contributed by atoms with Crippen molar-refractivity contribution in [1.82, 2.24) is 5.32 Å². The molecule has 1 fully saturated rings. The molecule has 1 saturated heterocycles. The zero-order chi connectivity index (χ0) is 21.6. The van der Waals surface area contributed by atoms with Gasteiger partial charge in [-0.25, -0.2) is 0 Å². The van der Waals surface area contributed by atoms with Gasteiger partial charge in [0.25, 0.3) is 5.91 Å². The van der Waals surface area contributed by atoms with Crippen molar-refractivity contribution in [2.75, 3.05) is 25.6 Å². The third kappa shape index (κ3) is 5.35. The summed E-state index contributed by atoms with van der Waals surface area (Å²) < 4.78 is 10.8. The van der Waals surface area contributed by atoms with E-state index in [1.807, 2.05) is 24.3 Å². The van der Waals surface area contributed by atoms with Crippen LogP contribution in [0.25, 0.3) is 6.08 Å². The Morgan fingerprint density at radius 2 is 2.00 bits per heavy atom. The van der Waals surface area contributed by atoms with Crippen LogP contribution in [0.5, 0.6) is 5.75 Å². The first-order valence-corrected chi connectivity index (χ1v) is 11.6. The molecule has 2 N–H and O–H groups in total. The number of anilines is 1. The smallest absolute Gasteiger partial charge is 0.254 e. The molecule has 0 spiro atoms. The highest BCUT2D eigenvalue weighted by Gasteiger charge is 2.27. The zero-order valence-corrected chi connectivity index (χ0v) is 18.6. The Labute approximate surface area is 186 Å². The summed E-state index contributed by atoms with van der Waals surface area (Å²) in [5.41, 5.74) is 2.62. The Kier molecular flexibility index (Phi) is 7.04. The number of methoxy groups -OCH3 is 1. The van der Waals surface area contributed by atoms with Gasteiger partial charge in [-0.3, -0.25) is 9.59 Å². The molecule has 0 unspecified atom stereocenters. The van der Waals surface area contributed by atoms with Crippen LogP contribution in [0.1, 0.15) is 52.0 Å². The lowest BCUT2D eigenvalue weighted by molar-refractivity contribution is -0.111. The Bertz CT molecular complexity index is 959. The van der Waals surface area contributed by atoms with Crippen molar-refractivity contribution < 1.29 is 19.1 Å². The van der Waals surface area contributed by atoms with Crippen LogP contribution >= 0.6 is 11.3 Å². The fourth-order valence-corrected chi connectivity index (χ4v) is 5.32. The van der Waals surface area contributed by atoms with Gasteiger partial charge in [-0.05, 0) is 67.9 Å². The van der Waals surface area contributed by atoms with Gasteiger partial charge in [0.2, 0.25) is 5.91 Å². The van der Waals surface area contributed by atoms with Gasteiger partial charge in [-0.1, -0.05) is 12.1 Å². The minimum Gasteiger partial charge on any atom is -0.497 e.